The fourth-order valence-corrected chi connectivity index (χ4v) is 4.66. The molecule has 1 saturated heterocycles. The molecule has 1 N–H and O–H groups in total. The van der Waals surface area contributed by atoms with Gasteiger partial charge in [0, 0.05) is 36.0 Å². The Morgan fingerprint density at radius 1 is 1.11 bits per heavy atom. The number of carbonyl (C=O) groups excluding carboxylic acids is 1. The smallest absolute Gasteiger partial charge is 0.355 e. The monoisotopic (exact) mass is 506 g/mol. The third-order valence-electron chi connectivity index (χ3n) is 6.19. The van der Waals surface area contributed by atoms with Gasteiger partial charge in [-0.1, -0.05) is 41.9 Å². The molecule has 0 radical (unpaired) electrons. The largest absolute Gasteiger partial charge is 0.397 e. The minimum Gasteiger partial charge on any atom is -0.355 e. The molecule has 10 heteroatoms. The normalized spacial score (nSPS) is 16.6. The van der Waals surface area contributed by atoms with Gasteiger partial charge in [-0.2, -0.15) is 18.3 Å². The van der Waals surface area contributed by atoms with Crippen molar-refractivity contribution in [2.45, 2.75) is 44.4 Å². The summed E-state index contributed by atoms with van der Waals surface area (Å²) < 4.78 is 38.6. The molecule has 0 bridgehead atoms. The molecule has 0 aliphatic carbocycles. The second-order valence-corrected chi connectivity index (χ2v) is 9.19. The highest BCUT2D eigenvalue weighted by molar-refractivity contribution is 6.30. The lowest BCUT2D eigenvalue weighted by atomic mass is 10.0. The van der Waals surface area contributed by atoms with Crippen molar-refractivity contribution < 1.29 is 18.0 Å². The molecule has 1 atom stereocenters. The molecule has 1 aliphatic rings. The van der Waals surface area contributed by atoms with E-state index in [1.807, 2.05) is 42.5 Å². The lowest BCUT2D eigenvalue weighted by Gasteiger charge is -2.25. The molecule has 4 rings (SSSR count). The predicted octanol–water partition coefficient (Wildman–Crippen LogP) is 4.17. The van der Waals surface area contributed by atoms with Crippen LogP contribution in [0.3, 0.4) is 0 Å². The maximum Gasteiger partial charge on any atom is 0.397 e. The number of benzene rings is 2. The first-order valence-corrected chi connectivity index (χ1v) is 11.9. The lowest BCUT2D eigenvalue weighted by molar-refractivity contribution is -0.153. The Bertz CT molecular complexity index is 1240. The van der Waals surface area contributed by atoms with Crippen LogP contribution in [0, 0.1) is 0 Å². The van der Waals surface area contributed by atoms with Crippen LogP contribution in [0.15, 0.2) is 53.3 Å². The van der Waals surface area contributed by atoms with Gasteiger partial charge >= 0.3 is 6.18 Å². The number of amides is 1. The molecular formula is C25H26ClF3N4O2. The van der Waals surface area contributed by atoms with E-state index in [1.165, 1.54) is 4.68 Å². The van der Waals surface area contributed by atoms with Gasteiger partial charge in [-0.15, -0.1) is 0 Å². The van der Waals surface area contributed by atoms with E-state index in [0.717, 1.165) is 36.0 Å². The van der Waals surface area contributed by atoms with Crippen LogP contribution in [-0.4, -0.2) is 52.4 Å². The van der Waals surface area contributed by atoms with Crippen molar-refractivity contribution in [3.8, 4) is 0 Å². The van der Waals surface area contributed by atoms with Crippen LogP contribution in [0.1, 0.15) is 30.5 Å². The molecule has 0 unspecified atom stereocenters. The van der Waals surface area contributed by atoms with Gasteiger partial charge in [0.25, 0.3) is 5.56 Å². The first-order valence-electron chi connectivity index (χ1n) is 11.5. The fourth-order valence-electron chi connectivity index (χ4n) is 4.53. The number of likely N-dealkylation sites (tertiary alicyclic amines) is 1. The van der Waals surface area contributed by atoms with Crippen molar-refractivity contribution in [3.63, 3.8) is 0 Å². The zero-order valence-corrected chi connectivity index (χ0v) is 19.8. The van der Waals surface area contributed by atoms with Gasteiger partial charge in [0.2, 0.25) is 5.91 Å². The number of carbonyl (C=O) groups is 1. The minimum absolute atomic E-state index is 0.00395. The Kier molecular flexibility index (Phi) is 7.76. The molecule has 0 spiro atoms. The Balaban J connectivity index is 1.50. The van der Waals surface area contributed by atoms with E-state index in [9.17, 15) is 22.8 Å². The number of rotatable bonds is 8. The second kappa shape index (κ2) is 10.8. The first-order chi connectivity index (χ1) is 16.7. The van der Waals surface area contributed by atoms with Gasteiger partial charge in [0.1, 0.15) is 6.42 Å². The molecule has 186 valence electrons. The van der Waals surface area contributed by atoms with Gasteiger partial charge in [0.15, 0.2) is 0 Å². The highest BCUT2D eigenvalue weighted by atomic mass is 35.5. The Morgan fingerprint density at radius 3 is 2.54 bits per heavy atom. The molecule has 1 aromatic heterocycles. The average Bonchev–Trinajstić information content (AvgIpc) is 3.24. The lowest BCUT2D eigenvalue weighted by Crippen LogP contribution is -2.41. The predicted molar refractivity (Wildman–Crippen MR) is 129 cm³/mol. The van der Waals surface area contributed by atoms with Gasteiger partial charge in [-0.05, 0) is 43.1 Å². The van der Waals surface area contributed by atoms with Crippen LogP contribution in [0.25, 0.3) is 10.8 Å². The third-order valence-corrected chi connectivity index (χ3v) is 6.45. The quantitative estimate of drug-likeness (QED) is 0.498. The van der Waals surface area contributed by atoms with Crippen LogP contribution in [0.2, 0.25) is 5.02 Å². The SMILES string of the molecule is O=C(CC(F)(F)F)NCCN1CCC[C@@H]1Cn1nc(Cc2ccc(Cl)cc2)c2ccccc2c1=O. The molecular weight excluding hydrogens is 481 g/mol. The van der Waals surface area contributed by atoms with E-state index < -0.39 is 18.5 Å². The van der Waals surface area contributed by atoms with Crippen molar-refractivity contribution in [2.75, 3.05) is 19.6 Å². The summed E-state index contributed by atoms with van der Waals surface area (Å²) in [5.74, 6) is -1.03. The minimum atomic E-state index is -4.52. The Hall–Kier alpha value is -2.91. The van der Waals surface area contributed by atoms with E-state index in [1.54, 1.807) is 6.07 Å². The van der Waals surface area contributed by atoms with Crippen molar-refractivity contribution in [3.05, 3.63) is 75.2 Å². The van der Waals surface area contributed by atoms with Crippen molar-refractivity contribution in [1.82, 2.24) is 20.0 Å². The molecule has 35 heavy (non-hydrogen) atoms. The standard InChI is InChI=1S/C25H26ClF3N4O2/c26-18-9-7-17(8-10-18)14-22-20-5-1-2-6-21(20)24(35)33(31-22)16-19-4-3-12-32(19)13-11-30-23(34)15-25(27,28)29/h1-2,5-10,19H,3-4,11-16H2,(H,30,34)/t19-/m1/s1. The Labute approximate surface area is 205 Å². The molecule has 2 heterocycles. The number of alkyl halides is 3. The summed E-state index contributed by atoms with van der Waals surface area (Å²) in [6.07, 6.45) is -3.72. The summed E-state index contributed by atoms with van der Waals surface area (Å²) in [4.78, 5) is 26.8. The number of hydrogen-bond acceptors (Lipinski definition) is 4. The molecule has 1 aliphatic heterocycles. The summed E-state index contributed by atoms with van der Waals surface area (Å²) in [6.45, 7) is 1.65. The summed E-state index contributed by atoms with van der Waals surface area (Å²) in [5.41, 5.74) is 1.63. The van der Waals surface area contributed by atoms with E-state index in [0.29, 0.717) is 29.9 Å². The molecule has 2 aromatic carbocycles. The van der Waals surface area contributed by atoms with Crippen molar-refractivity contribution in [2.24, 2.45) is 0 Å². The summed E-state index contributed by atoms with van der Waals surface area (Å²) in [7, 11) is 0. The van der Waals surface area contributed by atoms with Gasteiger partial charge < -0.3 is 5.32 Å². The van der Waals surface area contributed by atoms with Crippen LogP contribution in [-0.2, 0) is 17.8 Å². The van der Waals surface area contributed by atoms with E-state index in [-0.39, 0.29) is 18.1 Å². The zero-order valence-electron chi connectivity index (χ0n) is 19.0. The number of hydrogen-bond donors (Lipinski definition) is 1. The van der Waals surface area contributed by atoms with Crippen molar-refractivity contribution in [1.29, 1.82) is 0 Å². The molecule has 0 saturated carbocycles. The maximum absolute atomic E-state index is 13.2. The van der Waals surface area contributed by atoms with E-state index in [2.05, 4.69) is 10.2 Å². The molecule has 1 amide bonds. The van der Waals surface area contributed by atoms with Gasteiger partial charge in [0.05, 0.1) is 17.6 Å². The molecule has 6 nitrogen and oxygen atoms in total. The zero-order chi connectivity index (χ0) is 25.0. The Morgan fingerprint density at radius 2 is 1.83 bits per heavy atom. The maximum atomic E-state index is 13.2. The fraction of sp³-hybridized carbons (Fsp3) is 0.400. The van der Waals surface area contributed by atoms with Crippen LogP contribution in [0.4, 0.5) is 13.2 Å². The summed E-state index contributed by atoms with van der Waals surface area (Å²) >= 11 is 6.01. The van der Waals surface area contributed by atoms with Crippen LogP contribution in [0.5, 0.6) is 0 Å². The number of aromatic nitrogens is 2. The van der Waals surface area contributed by atoms with Gasteiger partial charge in [-0.3, -0.25) is 14.5 Å². The van der Waals surface area contributed by atoms with E-state index >= 15 is 0 Å². The van der Waals surface area contributed by atoms with Gasteiger partial charge in [-0.25, -0.2) is 4.68 Å². The van der Waals surface area contributed by atoms with Crippen molar-refractivity contribution >= 4 is 28.3 Å². The second-order valence-electron chi connectivity index (χ2n) is 8.76. The number of nitrogens with zero attached hydrogens (tertiary/aromatic N) is 3. The van der Waals surface area contributed by atoms with E-state index in [4.69, 9.17) is 16.7 Å². The number of halogens is 4. The topological polar surface area (TPSA) is 67.2 Å². The number of fused-ring (bicyclic) bond motifs is 1. The molecule has 3 aromatic rings. The highest BCUT2D eigenvalue weighted by Crippen LogP contribution is 2.22. The number of nitrogens with one attached hydrogen (secondary N) is 1. The third kappa shape index (κ3) is 6.61. The van der Waals surface area contributed by atoms with Crippen LogP contribution < -0.4 is 10.9 Å². The summed E-state index contributed by atoms with van der Waals surface area (Å²) in [5, 5.41) is 9.09. The molecule has 1 fully saturated rings. The van der Waals surface area contributed by atoms with Crippen LogP contribution >= 0.6 is 11.6 Å². The highest BCUT2D eigenvalue weighted by Gasteiger charge is 2.31. The average molecular weight is 507 g/mol. The first kappa shape index (κ1) is 25.2. The summed E-state index contributed by atoms with van der Waals surface area (Å²) in [6, 6.07) is 14.9.